The Morgan fingerprint density at radius 2 is 0.964 bits per heavy atom. The van der Waals surface area contributed by atoms with Crippen molar-refractivity contribution in [3.63, 3.8) is 0 Å². The van der Waals surface area contributed by atoms with Gasteiger partial charge in [-0.05, 0) is 53.4 Å². The molecule has 1 N–H and O–H groups in total. The van der Waals surface area contributed by atoms with Gasteiger partial charge in [0.25, 0.3) is 0 Å². The number of aliphatic imine (C=N–C) groups is 2. The molecule has 270 valence electrons. The van der Waals surface area contributed by atoms with E-state index < -0.39 is 0 Å². The smallest absolute Gasteiger partial charge is 0.164 e. The van der Waals surface area contributed by atoms with Crippen LogP contribution in [0.3, 0.4) is 0 Å². The fourth-order valence-electron chi connectivity index (χ4n) is 9.19. The zero-order valence-corrected chi connectivity index (χ0v) is 32.0. The summed E-state index contributed by atoms with van der Waals surface area (Å²) in [6.07, 6.45) is -0.134. The monoisotopic (exact) mass is 725 g/mol. The fourth-order valence-corrected chi connectivity index (χ4v) is 9.19. The summed E-state index contributed by atoms with van der Waals surface area (Å²) < 4.78 is 2.55. The maximum Gasteiger partial charge on any atom is 0.164 e. The highest BCUT2D eigenvalue weighted by atomic mass is 15.2. The largest absolute Gasteiger partial charge is 0.348 e. The quantitative estimate of drug-likeness (QED) is 0.192. The van der Waals surface area contributed by atoms with E-state index in [4.69, 9.17) is 24.9 Å². The Hall–Kier alpha value is -6.73. The lowest BCUT2D eigenvalue weighted by molar-refractivity contribution is 0.593. The van der Waals surface area contributed by atoms with Gasteiger partial charge in [-0.2, -0.15) is 0 Å². The van der Waals surface area contributed by atoms with Gasteiger partial charge in [0.05, 0.1) is 16.7 Å². The minimum absolute atomic E-state index is 0.134. The molecule has 6 aromatic carbocycles. The summed E-state index contributed by atoms with van der Waals surface area (Å²) in [7, 11) is 0. The van der Waals surface area contributed by atoms with Crippen LogP contribution in [0, 0.1) is 0 Å². The fraction of sp³-hybridized carbons (Fsp3) is 0.163. The molecule has 0 amide bonds. The Kier molecular flexibility index (Phi) is 6.79. The highest BCUT2D eigenvalue weighted by molar-refractivity contribution is 6.19. The van der Waals surface area contributed by atoms with Crippen LogP contribution in [0.4, 0.5) is 0 Å². The van der Waals surface area contributed by atoms with Crippen LogP contribution >= 0.6 is 0 Å². The molecule has 0 radical (unpaired) electrons. The van der Waals surface area contributed by atoms with Crippen molar-refractivity contribution in [3.05, 3.63) is 167 Å². The number of amidine groups is 2. The molecule has 5 heterocycles. The van der Waals surface area contributed by atoms with Crippen LogP contribution in [0.2, 0.25) is 0 Å². The predicted octanol–water partition coefficient (Wildman–Crippen LogP) is 10.4. The van der Waals surface area contributed by atoms with Crippen molar-refractivity contribution in [3.8, 4) is 39.9 Å². The molecule has 11 rings (SSSR count). The summed E-state index contributed by atoms with van der Waals surface area (Å²) in [5.74, 6) is 3.50. The molecule has 1 atom stereocenters. The van der Waals surface area contributed by atoms with Gasteiger partial charge < -0.3 is 9.88 Å². The van der Waals surface area contributed by atoms with Crippen molar-refractivity contribution >= 4 is 33.5 Å². The van der Waals surface area contributed by atoms with Crippen molar-refractivity contribution in [1.29, 1.82) is 0 Å². The SMILES string of the molecule is CC1N=C(c2ccccc2)N=C(c2cc3c4c(c2)c2cc(-c5nc(-c6ccccc6)nc(-c6ccccc6)n5)cc5c2n4-c2c(cccc2C5(C)C)C3(C)C)N1. The third-order valence-corrected chi connectivity index (χ3v) is 12.1. The van der Waals surface area contributed by atoms with Gasteiger partial charge >= 0.3 is 0 Å². The molecular weight excluding hydrogens is 687 g/mol. The standard InChI is InChI=1S/C49H39N7/c1-28-50-43(29-16-9-6-10-17-29)52-46(51-28)32-24-34-35-25-33(47-54-44(30-18-11-7-12-19-30)53-45(55-47)31-20-13-8-14-21-31)27-39-41(35)56-40(34)38(26-32)48(2,3)36-22-15-23-37(42(36)56)49(39,4)5/h6-28H,1-5H3,(H,50,51,52). The molecule has 3 aliphatic rings. The molecule has 8 aromatic rings. The van der Waals surface area contributed by atoms with Crippen molar-refractivity contribution in [2.24, 2.45) is 9.98 Å². The highest BCUT2D eigenvalue weighted by Gasteiger charge is 2.44. The Bertz CT molecular complexity index is 2930. The number of aromatic nitrogens is 4. The van der Waals surface area contributed by atoms with Crippen LogP contribution in [-0.4, -0.2) is 37.4 Å². The average molecular weight is 726 g/mol. The maximum absolute atomic E-state index is 5.19. The minimum atomic E-state index is -0.302. The maximum atomic E-state index is 5.19. The van der Waals surface area contributed by atoms with Gasteiger partial charge in [-0.1, -0.05) is 137 Å². The molecule has 0 fully saturated rings. The van der Waals surface area contributed by atoms with Gasteiger partial charge in [0.2, 0.25) is 0 Å². The van der Waals surface area contributed by atoms with Gasteiger partial charge in [0.1, 0.15) is 12.0 Å². The number of fused-ring (bicyclic) bond motifs is 1. The first-order valence-electron chi connectivity index (χ1n) is 19.3. The number of para-hydroxylation sites is 1. The molecule has 2 aromatic heterocycles. The van der Waals surface area contributed by atoms with Crippen LogP contribution in [0.5, 0.6) is 0 Å². The van der Waals surface area contributed by atoms with Gasteiger partial charge in [-0.25, -0.2) is 24.9 Å². The zero-order chi connectivity index (χ0) is 37.9. The highest BCUT2D eigenvalue weighted by Crippen LogP contribution is 2.56. The summed E-state index contributed by atoms with van der Waals surface area (Å²) in [4.78, 5) is 25.4. The van der Waals surface area contributed by atoms with Crippen LogP contribution in [0.15, 0.2) is 143 Å². The van der Waals surface area contributed by atoms with Crippen molar-refractivity contribution < 1.29 is 0 Å². The second kappa shape index (κ2) is 11.6. The first-order chi connectivity index (χ1) is 27.2. The lowest BCUT2D eigenvalue weighted by atomic mass is 9.68. The first-order valence-corrected chi connectivity index (χ1v) is 19.3. The summed E-state index contributed by atoms with van der Waals surface area (Å²) in [5, 5.41) is 5.97. The Labute approximate surface area is 325 Å². The molecule has 7 heteroatoms. The minimum Gasteiger partial charge on any atom is -0.348 e. The van der Waals surface area contributed by atoms with Crippen LogP contribution < -0.4 is 5.32 Å². The molecule has 56 heavy (non-hydrogen) atoms. The number of benzene rings is 6. The van der Waals surface area contributed by atoms with E-state index in [9.17, 15) is 0 Å². The Balaban J connectivity index is 1.22. The van der Waals surface area contributed by atoms with E-state index in [0.717, 1.165) is 39.5 Å². The zero-order valence-electron chi connectivity index (χ0n) is 32.0. The molecule has 0 spiro atoms. The first kappa shape index (κ1) is 32.7. The van der Waals surface area contributed by atoms with Crippen molar-refractivity contribution in [2.45, 2.75) is 51.6 Å². The summed E-state index contributed by atoms with van der Waals surface area (Å²) in [5.41, 5.74) is 13.3. The van der Waals surface area contributed by atoms with Gasteiger partial charge in [-0.15, -0.1) is 0 Å². The Morgan fingerprint density at radius 1 is 0.500 bits per heavy atom. The molecule has 0 aliphatic carbocycles. The van der Waals surface area contributed by atoms with Crippen molar-refractivity contribution in [1.82, 2.24) is 24.8 Å². The lowest BCUT2D eigenvalue weighted by Crippen LogP contribution is -2.37. The van der Waals surface area contributed by atoms with Crippen LogP contribution in [0.1, 0.15) is 68.0 Å². The number of hydrogen-bond acceptors (Lipinski definition) is 6. The second-order valence-corrected chi connectivity index (χ2v) is 16.3. The molecule has 7 nitrogen and oxygen atoms in total. The van der Waals surface area contributed by atoms with E-state index in [2.05, 4.69) is 123 Å². The van der Waals surface area contributed by atoms with E-state index >= 15 is 0 Å². The van der Waals surface area contributed by atoms with Gasteiger partial charge in [-0.3, -0.25) is 0 Å². The number of nitrogens with zero attached hydrogens (tertiary/aromatic N) is 6. The molecule has 0 saturated heterocycles. The molecular formula is C49H39N7. The van der Waals surface area contributed by atoms with E-state index in [1.165, 1.54) is 49.7 Å². The third kappa shape index (κ3) is 4.67. The van der Waals surface area contributed by atoms with Gasteiger partial charge in [0.15, 0.2) is 23.3 Å². The van der Waals surface area contributed by atoms with E-state index in [1.807, 2.05) is 54.6 Å². The summed E-state index contributed by atoms with van der Waals surface area (Å²) in [6.45, 7) is 11.5. The molecule has 0 saturated carbocycles. The Morgan fingerprint density at radius 3 is 1.50 bits per heavy atom. The van der Waals surface area contributed by atoms with Gasteiger partial charge in [0, 0.05) is 49.4 Å². The number of hydrogen-bond donors (Lipinski definition) is 1. The lowest BCUT2D eigenvalue weighted by Gasteiger charge is -2.42. The van der Waals surface area contributed by atoms with E-state index in [0.29, 0.717) is 17.5 Å². The van der Waals surface area contributed by atoms with E-state index in [1.54, 1.807) is 0 Å². The second-order valence-electron chi connectivity index (χ2n) is 16.3. The average Bonchev–Trinajstić information content (AvgIpc) is 3.56. The summed E-state index contributed by atoms with van der Waals surface area (Å²) >= 11 is 0. The van der Waals surface area contributed by atoms with Crippen LogP contribution in [0.25, 0.3) is 61.7 Å². The molecule has 1 unspecified atom stereocenters. The van der Waals surface area contributed by atoms with E-state index in [-0.39, 0.29) is 17.0 Å². The third-order valence-electron chi connectivity index (χ3n) is 12.1. The predicted molar refractivity (Wildman–Crippen MR) is 227 cm³/mol. The number of rotatable bonds is 5. The topological polar surface area (TPSA) is 80.3 Å². The van der Waals surface area contributed by atoms with Crippen molar-refractivity contribution in [2.75, 3.05) is 0 Å². The molecule has 0 bridgehead atoms. The van der Waals surface area contributed by atoms with Crippen LogP contribution in [-0.2, 0) is 10.8 Å². The number of nitrogens with one attached hydrogen (secondary N) is 1. The molecule has 3 aliphatic heterocycles. The summed E-state index contributed by atoms with van der Waals surface area (Å²) in [6, 6.07) is 46.8. The normalized spacial score (nSPS) is 17.1.